The van der Waals surface area contributed by atoms with Gasteiger partial charge in [0, 0.05) is 17.5 Å². The maximum Gasteiger partial charge on any atom is 0.0717 e. The third-order valence-electron chi connectivity index (χ3n) is 6.90. The van der Waals surface area contributed by atoms with E-state index in [0.29, 0.717) is 31.2 Å². The Bertz CT molecular complexity index is 899. The van der Waals surface area contributed by atoms with Gasteiger partial charge in [-0.3, -0.25) is 0 Å². The minimum absolute atomic E-state index is 0.0249. The number of rotatable bonds is 11. The van der Waals surface area contributed by atoms with Gasteiger partial charge < -0.3 is 14.8 Å². The summed E-state index contributed by atoms with van der Waals surface area (Å²) in [7, 11) is 0. The lowest BCUT2D eigenvalue weighted by atomic mass is 9.87. The molecule has 3 atom stereocenters. The van der Waals surface area contributed by atoms with Gasteiger partial charge >= 0.3 is 0 Å². The van der Waals surface area contributed by atoms with Gasteiger partial charge in [-0.25, -0.2) is 0 Å². The zero-order valence-corrected chi connectivity index (χ0v) is 20.0. The van der Waals surface area contributed by atoms with Gasteiger partial charge in [0.05, 0.1) is 26.4 Å². The van der Waals surface area contributed by atoms with Crippen LogP contribution in [0.4, 0.5) is 0 Å². The predicted molar refractivity (Wildman–Crippen MR) is 135 cm³/mol. The van der Waals surface area contributed by atoms with Crippen molar-refractivity contribution in [2.24, 2.45) is 11.3 Å². The molecule has 3 aromatic carbocycles. The zero-order valence-electron chi connectivity index (χ0n) is 20.0. The van der Waals surface area contributed by atoms with E-state index < -0.39 is 0 Å². The van der Waals surface area contributed by atoms with Gasteiger partial charge in [0.25, 0.3) is 0 Å². The first kappa shape index (κ1) is 23.7. The van der Waals surface area contributed by atoms with E-state index >= 15 is 0 Å². The summed E-state index contributed by atoms with van der Waals surface area (Å²) in [5.41, 5.74) is 3.80. The second-order valence-corrected chi connectivity index (χ2v) is 9.75. The Hall–Kier alpha value is -2.46. The second-order valence-electron chi connectivity index (χ2n) is 9.75. The Morgan fingerprint density at radius 1 is 0.758 bits per heavy atom. The summed E-state index contributed by atoms with van der Waals surface area (Å²) in [4.78, 5) is 0. The van der Waals surface area contributed by atoms with Gasteiger partial charge in [0.2, 0.25) is 0 Å². The highest BCUT2D eigenvalue weighted by Gasteiger charge is 2.44. The fourth-order valence-corrected chi connectivity index (χ4v) is 5.16. The van der Waals surface area contributed by atoms with Gasteiger partial charge in [-0.1, -0.05) is 97.9 Å². The average molecular weight is 444 g/mol. The van der Waals surface area contributed by atoms with E-state index in [9.17, 15) is 0 Å². The van der Waals surface area contributed by atoms with Crippen LogP contribution in [0.1, 0.15) is 49.4 Å². The van der Waals surface area contributed by atoms with Gasteiger partial charge in [0.1, 0.15) is 0 Å². The van der Waals surface area contributed by atoms with Crippen LogP contribution < -0.4 is 5.32 Å². The van der Waals surface area contributed by atoms with Crippen LogP contribution in [-0.2, 0) is 22.7 Å². The van der Waals surface area contributed by atoms with Crippen molar-refractivity contribution in [2.75, 3.05) is 13.2 Å². The quantitative estimate of drug-likeness (QED) is 0.364. The Kier molecular flexibility index (Phi) is 8.33. The molecule has 3 aromatic rings. The molecule has 1 N–H and O–H groups in total. The van der Waals surface area contributed by atoms with Gasteiger partial charge in [-0.15, -0.1) is 0 Å². The Morgan fingerprint density at radius 2 is 1.24 bits per heavy atom. The molecule has 0 aromatic heterocycles. The molecule has 0 heterocycles. The lowest BCUT2D eigenvalue weighted by molar-refractivity contribution is -0.0322. The maximum absolute atomic E-state index is 6.29. The van der Waals surface area contributed by atoms with Crippen molar-refractivity contribution in [3.8, 4) is 0 Å². The summed E-state index contributed by atoms with van der Waals surface area (Å²) >= 11 is 0. The largest absolute Gasteiger partial charge is 0.376 e. The van der Waals surface area contributed by atoms with E-state index in [2.05, 4.69) is 98.0 Å². The molecule has 0 unspecified atom stereocenters. The number of benzene rings is 3. The topological polar surface area (TPSA) is 30.5 Å². The molecule has 0 spiro atoms. The number of hydrogen-bond acceptors (Lipinski definition) is 3. The molecular weight excluding hydrogens is 406 g/mol. The molecule has 0 bridgehead atoms. The zero-order chi connectivity index (χ0) is 22.9. The van der Waals surface area contributed by atoms with Crippen LogP contribution >= 0.6 is 0 Å². The van der Waals surface area contributed by atoms with Crippen molar-refractivity contribution in [2.45, 2.75) is 52.0 Å². The third-order valence-corrected chi connectivity index (χ3v) is 6.90. The second kappa shape index (κ2) is 11.6. The summed E-state index contributed by atoms with van der Waals surface area (Å²) in [6, 6.07) is 32.4. The molecule has 4 rings (SSSR count). The average Bonchev–Trinajstić information content (AvgIpc) is 3.15. The highest BCUT2D eigenvalue weighted by atomic mass is 16.5. The van der Waals surface area contributed by atoms with Crippen molar-refractivity contribution < 1.29 is 9.47 Å². The smallest absolute Gasteiger partial charge is 0.0717 e. The van der Waals surface area contributed by atoms with Gasteiger partial charge in [-0.2, -0.15) is 0 Å². The van der Waals surface area contributed by atoms with Crippen LogP contribution in [0.3, 0.4) is 0 Å². The number of hydrogen-bond donors (Lipinski definition) is 1. The van der Waals surface area contributed by atoms with Crippen molar-refractivity contribution in [3.05, 3.63) is 108 Å². The lowest BCUT2D eigenvalue weighted by Gasteiger charge is -2.30. The fourth-order valence-electron chi connectivity index (χ4n) is 5.16. The Labute approximate surface area is 199 Å². The monoisotopic (exact) mass is 443 g/mol. The van der Waals surface area contributed by atoms with Crippen molar-refractivity contribution in [1.82, 2.24) is 5.32 Å². The van der Waals surface area contributed by atoms with Crippen LogP contribution in [0.2, 0.25) is 0 Å². The molecule has 1 saturated carbocycles. The highest BCUT2D eigenvalue weighted by molar-refractivity contribution is 5.19. The van der Waals surface area contributed by atoms with Crippen LogP contribution in [0, 0.1) is 11.3 Å². The molecule has 33 heavy (non-hydrogen) atoms. The number of nitrogens with one attached hydrogen (secondary N) is 1. The van der Waals surface area contributed by atoms with Gasteiger partial charge in [-0.05, 0) is 42.4 Å². The molecule has 3 heteroatoms. The highest BCUT2D eigenvalue weighted by Crippen LogP contribution is 2.43. The lowest BCUT2D eigenvalue weighted by Crippen LogP contribution is -2.36. The van der Waals surface area contributed by atoms with E-state index in [4.69, 9.17) is 9.47 Å². The molecule has 1 aliphatic rings. The van der Waals surface area contributed by atoms with Crippen LogP contribution in [0.25, 0.3) is 0 Å². The van der Waals surface area contributed by atoms with Crippen molar-refractivity contribution in [1.29, 1.82) is 0 Å². The molecular formula is C30H37NO2. The van der Waals surface area contributed by atoms with Crippen molar-refractivity contribution in [3.63, 3.8) is 0 Å². The minimum atomic E-state index is 0.0249. The van der Waals surface area contributed by atoms with E-state index in [1.165, 1.54) is 16.7 Å². The first-order valence-corrected chi connectivity index (χ1v) is 12.2. The van der Waals surface area contributed by atoms with Gasteiger partial charge in [0.15, 0.2) is 0 Å². The Balaban J connectivity index is 1.39. The molecule has 0 aliphatic heterocycles. The van der Waals surface area contributed by atoms with E-state index in [0.717, 1.165) is 26.1 Å². The first-order valence-electron chi connectivity index (χ1n) is 12.2. The summed E-state index contributed by atoms with van der Waals surface area (Å²) in [6.07, 6.45) is 2.17. The summed E-state index contributed by atoms with van der Waals surface area (Å²) in [5, 5.41) is 3.90. The molecule has 1 aliphatic carbocycles. The molecule has 0 radical (unpaired) electrons. The van der Waals surface area contributed by atoms with Crippen molar-refractivity contribution >= 4 is 0 Å². The summed E-state index contributed by atoms with van der Waals surface area (Å²) < 4.78 is 12.6. The third kappa shape index (κ3) is 6.77. The SMILES string of the molecule is C[C@@H](N[C@@H]1CC(COCc2ccccc2)(COCc2ccccc2)C[C@@H]1C)c1ccccc1. The normalized spacial score (nSPS) is 20.5. The molecule has 3 nitrogen and oxygen atoms in total. The molecule has 0 amide bonds. The molecule has 0 saturated heterocycles. The standard InChI is InChI=1S/C30H37NO2/c1-24-18-30(22-32-20-26-12-6-3-7-13-26,23-33-21-27-14-8-4-9-15-27)19-29(24)31-25(2)28-16-10-5-11-17-28/h3-17,24-25,29,31H,18-23H2,1-2H3/t24-,25+,29+/m0/s1. The van der Waals surface area contributed by atoms with E-state index in [1.807, 2.05) is 12.1 Å². The van der Waals surface area contributed by atoms with E-state index in [-0.39, 0.29) is 5.41 Å². The van der Waals surface area contributed by atoms with E-state index in [1.54, 1.807) is 0 Å². The van der Waals surface area contributed by atoms with Crippen LogP contribution in [-0.4, -0.2) is 19.3 Å². The minimum Gasteiger partial charge on any atom is -0.376 e. The van der Waals surface area contributed by atoms with Crippen LogP contribution in [0.5, 0.6) is 0 Å². The molecule has 174 valence electrons. The first-order chi connectivity index (χ1) is 16.1. The predicted octanol–water partition coefficient (Wildman–Crippen LogP) is 6.56. The fraction of sp³-hybridized carbons (Fsp3) is 0.400. The number of ether oxygens (including phenoxy) is 2. The van der Waals surface area contributed by atoms with Crippen LogP contribution in [0.15, 0.2) is 91.0 Å². The summed E-state index contributed by atoms with van der Waals surface area (Å²) in [5.74, 6) is 0.566. The summed E-state index contributed by atoms with van der Waals surface area (Å²) in [6.45, 7) is 7.37. The maximum atomic E-state index is 6.29. The Morgan fingerprint density at radius 3 is 1.76 bits per heavy atom. The molecule has 1 fully saturated rings.